The lowest BCUT2D eigenvalue weighted by Crippen LogP contribution is -2.34. The Hall–Kier alpha value is -2.96. The lowest BCUT2D eigenvalue weighted by atomic mass is 10.00. The third-order valence-corrected chi connectivity index (χ3v) is 4.88. The fraction of sp³-hybridized carbons (Fsp3) is 0.368. The SMILES string of the molecule is Cc1nc2ccccn2c1C(=O)Nc1cnc(N2CCC(C)CC2)nc1. The summed E-state index contributed by atoms with van der Waals surface area (Å²) >= 11 is 0. The molecular formula is C19H22N6O. The van der Waals surface area contributed by atoms with Crippen molar-refractivity contribution in [3.63, 3.8) is 0 Å². The molecule has 1 aliphatic heterocycles. The highest BCUT2D eigenvalue weighted by molar-refractivity contribution is 6.04. The Labute approximate surface area is 152 Å². The second-order valence-electron chi connectivity index (χ2n) is 6.87. The zero-order chi connectivity index (χ0) is 18.1. The topological polar surface area (TPSA) is 75.4 Å². The number of carbonyl (C=O) groups excluding carboxylic acids is 1. The summed E-state index contributed by atoms with van der Waals surface area (Å²) < 4.78 is 1.79. The van der Waals surface area contributed by atoms with Crippen LogP contribution in [0.5, 0.6) is 0 Å². The molecule has 134 valence electrons. The van der Waals surface area contributed by atoms with Gasteiger partial charge in [0.2, 0.25) is 5.95 Å². The number of fused-ring (bicyclic) bond motifs is 1. The fourth-order valence-corrected chi connectivity index (χ4v) is 3.34. The Bertz CT molecular complexity index is 925. The van der Waals surface area contributed by atoms with Crippen LogP contribution in [0, 0.1) is 12.8 Å². The van der Waals surface area contributed by atoms with Crippen LogP contribution in [-0.4, -0.2) is 38.3 Å². The number of hydrogen-bond acceptors (Lipinski definition) is 5. The zero-order valence-corrected chi connectivity index (χ0v) is 15.0. The number of carbonyl (C=O) groups is 1. The number of imidazole rings is 1. The number of nitrogens with one attached hydrogen (secondary N) is 1. The predicted octanol–water partition coefficient (Wildman–Crippen LogP) is 2.92. The van der Waals surface area contributed by atoms with E-state index in [0.29, 0.717) is 17.1 Å². The summed E-state index contributed by atoms with van der Waals surface area (Å²) in [6, 6.07) is 5.65. The average molecular weight is 350 g/mol. The standard InChI is InChI=1S/C19H22N6O/c1-13-6-9-24(10-7-13)19-20-11-15(12-21-19)23-18(26)17-14(2)22-16-5-3-4-8-25(16)17/h3-5,8,11-13H,6-7,9-10H2,1-2H3,(H,23,26). The predicted molar refractivity (Wildman–Crippen MR) is 101 cm³/mol. The van der Waals surface area contributed by atoms with Crippen molar-refractivity contribution in [3.05, 3.63) is 48.2 Å². The monoisotopic (exact) mass is 350 g/mol. The van der Waals surface area contributed by atoms with E-state index >= 15 is 0 Å². The van der Waals surface area contributed by atoms with Gasteiger partial charge in [-0.2, -0.15) is 0 Å². The lowest BCUT2D eigenvalue weighted by molar-refractivity contribution is 0.102. The molecule has 1 aliphatic rings. The van der Waals surface area contributed by atoms with Crippen molar-refractivity contribution in [2.75, 3.05) is 23.3 Å². The van der Waals surface area contributed by atoms with Gasteiger partial charge in [0.05, 0.1) is 23.8 Å². The van der Waals surface area contributed by atoms with Crippen molar-refractivity contribution >= 4 is 23.2 Å². The summed E-state index contributed by atoms with van der Waals surface area (Å²) in [5.41, 5.74) is 2.54. The highest BCUT2D eigenvalue weighted by atomic mass is 16.2. The maximum atomic E-state index is 12.7. The average Bonchev–Trinajstić information content (AvgIpc) is 2.99. The van der Waals surface area contributed by atoms with E-state index in [2.05, 4.69) is 32.1 Å². The molecule has 1 N–H and O–H groups in total. The van der Waals surface area contributed by atoms with Gasteiger partial charge in [0.15, 0.2) is 0 Å². The quantitative estimate of drug-likeness (QED) is 0.786. The van der Waals surface area contributed by atoms with Gasteiger partial charge < -0.3 is 10.2 Å². The van der Waals surface area contributed by atoms with Gasteiger partial charge in [-0.1, -0.05) is 13.0 Å². The maximum absolute atomic E-state index is 12.7. The van der Waals surface area contributed by atoms with Crippen LogP contribution in [0.25, 0.3) is 5.65 Å². The Morgan fingerprint density at radius 1 is 1.19 bits per heavy atom. The summed E-state index contributed by atoms with van der Waals surface area (Å²) in [7, 11) is 0. The van der Waals surface area contributed by atoms with Crippen LogP contribution < -0.4 is 10.2 Å². The molecule has 0 bridgehead atoms. The molecule has 0 spiro atoms. The van der Waals surface area contributed by atoms with Gasteiger partial charge in [-0.05, 0) is 37.8 Å². The molecule has 4 rings (SSSR count). The number of pyridine rings is 1. The van der Waals surface area contributed by atoms with Crippen molar-refractivity contribution in [2.24, 2.45) is 5.92 Å². The molecule has 3 aromatic heterocycles. The first-order valence-corrected chi connectivity index (χ1v) is 8.94. The van der Waals surface area contributed by atoms with Gasteiger partial charge in [0.1, 0.15) is 11.3 Å². The first-order valence-electron chi connectivity index (χ1n) is 8.94. The molecule has 0 aromatic carbocycles. The Morgan fingerprint density at radius 2 is 1.92 bits per heavy atom. The number of hydrogen-bond donors (Lipinski definition) is 1. The summed E-state index contributed by atoms with van der Waals surface area (Å²) in [4.78, 5) is 28.2. The molecule has 0 aliphatic carbocycles. The number of aromatic nitrogens is 4. The summed E-state index contributed by atoms with van der Waals surface area (Å²) in [5.74, 6) is 1.27. The molecule has 1 fully saturated rings. The fourth-order valence-electron chi connectivity index (χ4n) is 3.34. The molecule has 7 heteroatoms. The van der Waals surface area contributed by atoms with Gasteiger partial charge in [-0.3, -0.25) is 9.20 Å². The van der Waals surface area contributed by atoms with Crippen LogP contribution in [0.3, 0.4) is 0 Å². The van der Waals surface area contributed by atoms with Crippen molar-refractivity contribution in [1.29, 1.82) is 0 Å². The Balaban J connectivity index is 1.50. The molecule has 4 heterocycles. The Kier molecular flexibility index (Phi) is 4.28. The molecule has 1 amide bonds. The molecular weight excluding hydrogens is 328 g/mol. The van der Waals surface area contributed by atoms with E-state index in [0.717, 1.165) is 43.4 Å². The first kappa shape index (κ1) is 16.5. The van der Waals surface area contributed by atoms with Crippen LogP contribution in [0.15, 0.2) is 36.8 Å². The lowest BCUT2D eigenvalue weighted by Gasteiger charge is -2.30. The van der Waals surface area contributed by atoms with Crippen LogP contribution in [0.2, 0.25) is 0 Å². The van der Waals surface area contributed by atoms with E-state index in [1.165, 1.54) is 0 Å². The van der Waals surface area contributed by atoms with Gasteiger partial charge in [0, 0.05) is 19.3 Å². The number of aryl methyl sites for hydroxylation is 1. The van der Waals surface area contributed by atoms with Crippen LogP contribution in [0.1, 0.15) is 35.9 Å². The van der Waals surface area contributed by atoms with E-state index in [1.807, 2.05) is 31.3 Å². The minimum absolute atomic E-state index is 0.218. The van der Waals surface area contributed by atoms with E-state index in [9.17, 15) is 4.79 Å². The maximum Gasteiger partial charge on any atom is 0.274 e. The van der Waals surface area contributed by atoms with E-state index in [4.69, 9.17) is 0 Å². The summed E-state index contributed by atoms with van der Waals surface area (Å²) in [5, 5.41) is 2.87. The van der Waals surface area contributed by atoms with Gasteiger partial charge in [-0.15, -0.1) is 0 Å². The normalized spacial score (nSPS) is 15.4. The van der Waals surface area contributed by atoms with Gasteiger partial charge in [-0.25, -0.2) is 15.0 Å². The first-order chi connectivity index (χ1) is 12.6. The zero-order valence-electron chi connectivity index (χ0n) is 15.0. The van der Waals surface area contributed by atoms with Crippen molar-refractivity contribution in [3.8, 4) is 0 Å². The number of anilines is 2. The van der Waals surface area contributed by atoms with Crippen molar-refractivity contribution < 1.29 is 4.79 Å². The van der Waals surface area contributed by atoms with E-state index in [1.54, 1.807) is 16.8 Å². The van der Waals surface area contributed by atoms with E-state index < -0.39 is 0 Å². The smallest absolute Gasteiger partial charge is 0.274 e. The van der Waals surface area contributed by atoms with Crippen LogP contribution in [-0.2, 0) is 0 Å². The second kappa shape index (κ2) is 6.74. The molecule has 7 nitrogen and oxygen atoms in total. The molecule has 0 unspecified atom stereocenters. The van der Waals surface area contributed by atoms with Crippen LogP contribution in [0.4, 0.5) is 11.6 Å². The number of rotatable bonds is 3. The highest BCUT2D eigenvalue weighted by Crippen LogP contribution is 2.20. The third kappa shape index (κ3) is 3.12. The molecule has 1 saturated heterocycles. The Morgan fingerprint density at radius 3 is 2.65 bits per heavy atom. The van der Waals surface area contributed by atoms with Crippen molar-refractivity contribution in [1.82, 2.24) is 19.4 Å². The van der Waals surface area contributed by atoms with Gasteiger partial charge in [0.25, 0.3) is 5.91 Å². The summed E-state index contributed by atoms with van der Waals surface area (Å²) in [6.07, 6.45) is 7.49. The van der Waals surface area contributed by atoms with Crippen molar-refractivity contribution in [2.45, 2.75) is 26.7 Å². The second-order valence-corrected chi connectivity index (χ2v) is 6.87. The highest BCUT2D eigenvalue weighted by Gasteiger charge is 2.19. The number of amides is 1. The van der Waals surface area contributed by atoms with Crippen LogP contribution >= 0.6 is 0 Å². The molecule has 0 atom stereocenters. The van der Waals surface area contributed by atoms with Gasteiger partial charge >= 0.3 is 0 Å². The number of nitrogens with zero attached hydrogens (tertiary/aromatic N) is 5. The number of piperidine rings is 1. The molecule has 26 heavy (non-hydrogen) atoms. The minimum Gasteiger partial charge on any atom is -0.341 e. The molecule has 0 saturated carbocycles. The molecule has 3 aromatic rings. The minimum atomic E-state index is -0.218. The third-order valence-electron chi connectivity index (χ3n) is 4.88. The summed E-state index contributed by atoms with van der Waals surface area (Å²) in [6.45, 7) is 6.07. The molecule has 0 radical (unpaired) electrons. The largest absolute Gasteiger partial charge is 0.341 e. The van der Waals surface area contributed by atoms with E-state index in [-0.39, 0.29) is 5.91 Å².